The van der Waals surface area contributed by atoms with Crippen molar-refractivity contribution in [1.29, 1.82) is 0 Å². The summed E-state index contributed by atoms with van der Waals surface area (Å²) in [6, 6.07) is 15.1. The van der Waals surface area contributed by atoms with Crippen molar-refractivity contribution in [2.24, 2.45) is 0 Å². The first kappa shape index (κ1) is 16.5. The van der Waals surface area contributed by atoms with Crippen LogP contribution in [-0.2, 0) is 14.4 Å². The van der Waals surface area contributed by atoms with Crippen LogP contribution in [0.3, 0.4) is 0 Å². The largest absolute Gasteiger partial charge is 0.339 e. The summed E-state index contributed by atoms with van der Waals surface area (Å²) in [5, 5.41) is 7.76. The van der Waals surface area contributed by atoms with Crippen LogP contribution < -0.4 is 16.0 Å². The molecular weight excluding hydrogens is 318 g/mol. The first-order valence-corrected chi connectivity index (χ1v) is 7.12. The van der Waals surface area contributed by atoms with E-state index in [1.165, 1.54) is 0 Å². The molecule has 0 aliphatic rings. The zero-order valence-electron chi connectivity index (χ0n) is 12.0. The van der Waals surface area contributed by atoms with E-state index < -0.39 is 17.7 Å². The minimum absolute atomic E-state index is 0.304. The lowest BCUT2D eigenvalue weighted by molar-refractivity contribution is -0.136. The number of hydrogen-bond donors (Lipinski definition) is 3. The van der Waals surface area contributed by atoms with Crippen molar-refractivity contribution in [2.45, 2.75) is 0 Å². The van der Waals surface area contributed by atoms with Gasteiger partial charge in [-0.1, -0.05) is 29.8 Å². The zero-order valence-corrected chi connectivity index (χ0v) is 12.8. The second kappa shape index (κ2) is 7.95. The van der Waals surface area contributed by atoms with E-state index >= 15 is 0 Å². The Balaban J connectivity index is 1.78. The molecule has 0 fully saturated rings. The average molecular weight is 332 g/mol. The Labute approximate surface area is 137 Å². The van der Waals surface area contributed by atoms with Crippen LogP contribution in [0.15, 0.2) is 54.6 Å². The van der Waals surface area contributed by atoms with Gasteiger partial charge in [0.15, 0.2) is 0 Å². The highest BCUT2D eigenvalue weighted by Crippen LogP contribution is 2.13. The van der Waals surface area contributed by atoms with Crippen LogP contribution in [0.4, 0.5) is 11.4 Å². The second-order valence-corrected chi connectivity index (χ2v) is 4.99. The molecule has 2 aromatic carbocycles. The highest BCUT2D eigenvalue weighted by Gasteiger charge is 2.14. The predicted molar refractivity (Wildman–Crippen MR) is 88.2 cm³/mol. The third-order valence-electron chi connectivity index (χ3n) is 2.78. The minimum atomic E-state index is -0.900. The van der Waals surface area contributed by atoms with Gasteiger partial charge in [0.25, 0.3) is 0 Å². The molecule has 0 atom stereocenters. The number of hydrogen-bond acceptors (Lipinski definition) is 3. The number of rotatable bonds is 4. The summed E-state index contributed by atoms with van der Waals surface area (Å²) < 4.78 is 0. The van der Waals surface area contributed by atoms with Gasteiger partial charge in [0.1, 0.15) is 0 Å². The molecule has 0 bridgehead atoms. The molecule has 0 unspecified atom stereocenters. The Kier molecular flexibility index (Phi) is 5.71. The summed E-state index contributed by atoms with van der Waals surface area (Å²) >= 11 is 5.73. The molecule has 0 saturated carbocycles. The average Bonchev–Trinajstić information content (AvgIpc) is 2.55. The molecule has 3 amide bonds. The van der Waals surface area contributed by atoms with E-state index in [0.717, 1.165) is 0 Å². The zero-order chi connectivity index (χ0) is 16.7. The maximum Gasteiger partial charge on any atom is 0.313 e. The van der Waals surface area contributed by atoms with Gasteiger partial charge in [-0.25, -0.2) is 0 Å². The van der Waals surface area contributed by atoms with Crippen molar-refractivity contribution in [3.8, 4) is 0 Å². The number of para-hydroxylation sites is 1. The number of amides is 3. The van der Waals surface area contributed by atoms with Crippen molar-refractivity contribution in [2.75, 3.05) is 17.2 Å². The number of anilines is 2. The van der Waals surface area contributed by atoms with Gasteiger partial charge in [-0.3, -0.25) is 14.4 Å². The van der Waals surface area contributed by atoms with Crippen molar-refractivity contribution >= 4 is 40.7 Å². The fraction of sp³-hybridized carbons (Fsp3) is 0.0625. The molecule has 2 aromatic rings. The van der Waals surface area contributed by atoms with Gasteiger partial charge in [0.2, 0.25) is 5.91 Å². The summed E-state index contributed by atoms with van der Waals surface area (Å²) in [7, 11) is 0. The maximum atomic E-state index is 11.7. The van der Waals surface area contributed by atoms with Crippen molar-refractivity contribution in [3.05, 3.63) is 59.6 Å². The van der Waals surface area contributed by atoms with E-state index in [1.54, 1.807) is 48.5 Å². The first-order chi connectivity index (χ1) is 11.0. The minimum Gasteiger partial charge on any atom is -0.339 e. The van der Waals surface area contributed by atoms with Crippen LogP contribution in [0.25, 0.3) is 0 Å². The van der Waals surface area contributed by atoms with Gasteiger partial charge in [-0.15, -0.1) is 0 Å². The van der Waals surface area contributed by atoms with E-state index in [0.29, 0.717) is 16.4 Å². The van der Waals surface area contributed by atoms with E-state index in [1.807, 2.05) is 6.07 Å². The van der Waals surface area contributed by atoms with Gasteiger partial charge in [-0.05, 0) is 36.4 Å². The number of benzene rings is 2. The molecule has 2 rings (SSSR count). The normalized spacial score (nSPS) is 9.78. The molecule has 0 aliphatic carbocycles. The van der Waals surface area contributed by atoms with Crippen LogP contribution in [0, 0.1) is 0 Å². The highest BCUT2D eigenvalue weighted by molar-refractivity contribution is 6.40. The lowest BCUT2D eigenvalue weighted by Gasteiger charge is -2.07. The monoisotopic (exact) mass is 331 g/mol. The van der Waals surface area contributed by atoms with Crippen molar-refractivity contribution < 1.29 is 14.4 Å². The van der Waals surface area contributed by atoms with Crippen LogP contribution in [0.2, 0.25) is 5.02 Å². The van der Waals surface area contributed by atoms with Crippen molar-refractivity contribution in [1.82, 2.24) is 5.32 Å². The summed E-state index contributed by atoms with van der Waals surface area (Å²) in [5.41, 5.74) is 1.04. The second-order valence-electron chi connectivity index (χ2n) is 4.56. The topological polar surface area (TPSA) is 87.3 Å². The molecule has 0 radical (unpaired) electrons. The Morgan fingerprint density at radius 3 is 2.04 bits per heavy atom. The summed E-state index contributed by atoms with van der Waals surface area (Å²) in [6.45, 7) is -0.304. The summed E-state index contributed by atoms with van der Waals surface area (Å²) in [6.07, 6.45) is 0. The predicted octanol–water partition coefficient (Wildman–Crippen LogP) is 2.03. The van der Waals surface area contributed by atoms with E-state index in [9.17, 15) is 14.4 Å². The Morgan fingerprint density at radius 1 is 0.783 bits per heavy atom. The number of carbonyl (C=O) groups excluding carboxylic acids is 3. The van der Waals surface area contributed by atoms with Gasteiger partial charge < -0.3 is 16.0 Å². The van der Waals surface area contributed by atoms with Gasteiger partial charge >= 0.3 is 11.8 Å². The molecule has 0 aliphatic heterocycles. The molecule has 23 heavy (non-hydrogen) atoms. The van der Waals surface area contributed by atoms with Gasteiger partial charge in [0, 0.05) is 16.4 Å². The maximum absolute atomic E-state index is 11.7. The quantitative estimate of drug-likeness (QED) is 0.749. The van der Waals surface area contributed by atoms with Gasteiger partial charge in [-0.2, -0.15) is 0 Å². The Hall–Kier alpha value is -2.86. The lowest BCUT2D eigenvalue weighted by Crippen LogP contribution is -2.39. The fourth-order valence-electron chi connectivity index (χ4n) is 1.69. The molecular formula is C16H14ClN3O3. The van der Waals surface area contributed by atoms with Crippen LogP contribution in [0.5, 0.6) is 0 Å². The number of nitrogens with one attached hydrogen (secondary N) is 3. The smallest absolute Gasteiger partial charge is 0.313 e. The molecule has 0 spiro atoms. The van der Waals surface area contributed by atoms with Gasteiger partial charge in [0.05, 0.1) is 6.54 Å². The van der Waals surface area contributed by atoms with Crippen molar-refractivity contribution in [3.63, 3.8) is 0 Å². The molecule has 0 saturated heterocycles. The summed E-state index contributed by atoms with van der Waals surface area (Å²) in [4.78, 5) is 35.0. The van der Waals surface area contributed by atoms with E-state index in [2.05, 4.69) is 16.0 Å². The fourth-order valence-corrected chi connectivity index (χ4v) is 1.81. The Bertz CT molecular complexity index is 702. The van der Waals surface area contributed by atoms with Crippen LogP contribution >= 0.6 is 11.6 Å². The van der Waals surface area contributed by atoms with Crippen LogP contribution in [0.1, 0.15) is 0 Å². The third kappa shape index (κ3) is 5.44. The molecule has 0 heterocycles. The third-order valence-corrected chi connectivity index (χ3v) is 3.03. The summed E-state index contributed by atoms with van der Waals surface area (Å²) in [5.74, 6) is -2.19. The standard InChI is InChI=1S/C16H14ClN3O3/c17-11-6-8-13(9-7-11)20-16(23)15(22)18-10-14(21)19-12-4-2-1-3-5-12/h1-9H,10H2,(H,18,22)(H,19,21)(H,20,23). The molecule has 118 valence electrons. The SMILES string of the molecule is O=C(CNC(=O)C(=O)Nc1ccc(Cl)cc1)Nc1ccccc1. The highest BCUT2D eigenvalue weighted by atomic mass is 35.5. The molecule has 0 aromatic heterocycles. The van der Waals surface area contributed by atoms with E-state index in [4.69, 9.17) is 11.6 Å². The van der Waals surface area contributed by atoms with Crippen LogP contribution in [-0.4, -0.2) is 24.3 Å². The first-order valence-electron chi connectivity index (χ1n) is 6.74. The number of halogens is 1. The number of carbonyl (C=O) groups is 3. The lowest BCUT2D eigenvalue weighted by atomic mass is 10.3. The molecule has 3 N–H and O–H groups in total. The van der Waals surface area contributed by atoms with E-state index in [-0.39, 0.29) is 6.54 Å². The molecule has 7 heteroatoms. The Morgan fingerprint density at radius 2 is 1.39 bits per heavy atom. The molecule has 6 nitrogen and oxygen atoms in total.